The monoisotopic (exact) mass is 556 g/mol. The van der Waals surface area contributed by atoms with Crippen molar-refractivity contribution in [2.75, 3.05) is 14.8 Å². The predicted octanol–water partition coefficient (Wildman–Crippen LogP) is 4.90. The van der Waals surface area contributed by atoms with E-state index in [0.29, 0.717) is 11.4 Å². The number of anilines is 3. The van der Waals surface area contributed by atoms with E-state index in [2.05, 4.69) is 19.7 Å². The van der Waals surface area contributed by atoms with Crippen molar-refractivity contribution in [3.05, 3.63) is 107 Å². The number of sulfonamides is 2. The average molecular weight is 557 g/mol. The maximum atomic E-state index is 12.7. The van der Waals surface area contributed by atoms with Crippen LogP contribution in [0.2, 0.25) is 5.02 Å². The second kappa shape index (κ2) is 10.6. The highest BCUT2D eigenvalue weighted by molar-refractivity contribution is 7.93. The molecule has 0 spiro atoms. The molecule has 3 N–H and O–H groups in total. The second-order valence-corrected chi connectivity index (χ2v) is 11.7. The molecule has 1 aromatic heterocycles. The molecule has 9 nitrogen and oxygen atoms in total. The summed E-state index contributed by atoms with van der Waals surface area (Å²) in [4.78, 5) is 16.6. The van der Waals surface area contributed by atoms with Gasteiger partial charge in [-0.2, -0.15) is 0 Å². The first-order valence-corrected chi connectivity index (χ1v) is 14.1. The Morgan fingerprint density at radius 1 is 0.784 bits per heavy atom. The number of carbonyl (C=O) groups is 1. The largest absolute Gasteiger partial charge is 0.322 e. The molecule has 0 radical (unpaired) electrons. The van der Waals surface area contributed by atoms with Crippen LogP contribution in [0.25, 0.3) is 0 Å². The van der Waals surface area contributed by atoms with E-state index >= 15 is 0 Å². The van der Waals surface area contributed by atoms with E-state index in [-0.39, 0.29) is 26.1 Å². The zero-order valence-corrected chi connectivity index (χ0v) is 21.7. The van der Waals surface area contributed by atoms with E-state index in [4.69, 9.17) is 11.6 Å². The van der Waals surface area contributed by atoms with Gasteiger partial charge in [-0.05, 0) is 73.7 Å². The minimum absolute atomic E-state index is 0.00242. The molecule has 0 aliphatic heterocycles. The number of benzene rings is 3. The number of carbonyl (C=O) groups excluding carboxylic acids is 1. The van der Waals surface area contributed by atoms with Gasteiger partial charge in [-0.3, -0.25) is 19.2 Å². The molecule has 190 valence electrons. The van der Waals surface area contributed by atoms with Crippen LogP contribution in [0.4, 0.5) is 17.1 Å². The third-order valence-corrected chi connectivity index (χ3v) is 8.23. The molecule has 0 aliphatic rings. The summed E-state index contributed by atoms with van der Waals surface area (Å²) >= 11 is 6.25. The summed E-state index contributed by atoms with van der Waals surface area (Å²) < 4.78 is 55.2. The lowest BCUT2D eigenvalue weighted by molar-refractivity contribution is 0.102. The van der Waals surface area contributed by atoms with Gasteiger partial charge in [0.2, 0.25) is 0 Å². The van der Waals surface area contributed by atoms with Gasteiger partial charge < -0.3 is 5.32 Å². The van der Waals surface area contributed by atoms with Gasteiger partial charge in [-0.25, -0.2) is 16.8 Å². The lowest BCUT2D eigenvalue weighted by atomic mass is 10.2. The summed E-state index contributed by atoms with van der Waals surface area (Å²) in [6.45, 7) is 1.85. The third kappa shape index (κ3) is 6.45. The van der Waals surface area contributed by atoms with E-state index in [9.17, 15) is 21.6 Å². The number of nitrogens with one attached hydrogen (secondary N) is 3. The summed E-state index contributed by atoms with van der Waals surface area (Å²) in [5, 5.41) is 2.68. The van der Waals surface area contributed by atoms with Crippen LogP contribution in [0, 0.1) is 6.92 Å². The molecule has 0 aliphatic carbocycles. The fourth-order valence-corrected chi connectivity index (χ4v) is 5.62. The molecule has 0 saturated heterocycles. The molecule has 4 aromatic rings. The van der Waals surface area contributed by atoms with Crippen molar-refractivity contribution in [2.24, 2.45) is 0 Å². The number of pyridine rings is 1. The molecule has 1 heterocycles. The van der Waals surface area contributed by atoms with Gasteiger partial charge in [-0.1, -0.05) is 29.3 Å². The van der Waals surface area contributed by atoms with E-state index in [0.717, 1.165) is 5.56 Å². The Bertz CT molecular complexity index is 1640. The SMILES string of the molecule is Cc1ccc(S(=O)(=O)Nc2ccc(C(=O)Nc3ccc(S(=O)(=O)Nc4cccnc4)cc3)cc2Cl)cc1. The van der Waals surface area contributed by atoms with Crippen LogP contribution in [0.3, 0.4) is 0 Å². The summed E-state index contributed by atoms with van der Waals surface area (Å²) in [5.41, 5.74) is 1.89. The Hall–Kier alpha value is -3.93. The Balaban J connectivity index is 1.43. The Morgan fingerprint density at radius 2 is 1.41 bits per heavy atom. The number of nitrogens with zero attached hydrogens (tertiary/aromatic N) is 1. The van der Waals surface area contributed by atoms with Crippen LogP contribution < -0.4 is 14.8 Å². The first-order chi connectivity index (χ1) is 17.5. The summed E-state index contributed by atoms with van der Waals surface area (Å²) in [6.07, 6.45) is 2.91. The lowest BCUT2D eigenvalue weighted by Gasteiger charge is -2.12. The highest BCUT2D eigenvalue weighted by atomic mass is 35.5. The predicted molar refractivity (Wildman–Crippen MR) is 143 cm³/mol. The van der Waals surface area contributed by atoms with Crippen LogP contribution >= 0.6 is 11.6 Å². The molecule has 0 atom stereocenters. The number of aromatic nitrogens is 1. The number of aryl methyl sites for hydroxylation is 1. The number of amides is 1. The van der Waals surface area contributed by atoms with Crippen molar-refractivity contribution in [3.8, 4) is 0 Å². The van der Waals surface area contributed by atoms with Crippen LogP contribution in [-0.4, -0.2) is 27.7 Å². The first-order valence-electron chi connectivity index (χ1n) is 10.8. The molecule has 0 bridgehead atoms. The van der Waals surface area contributed by atoms with Gasteiger partial charge in [0.15, 0.2) is 0 Å². The van der Waals surface area contributed by atoms with Crippen LogP contribution in [0.15, 0.2) is 101 Å². The molecule has 0 unspecified atom stereocenters. The normalized spacial score (nSPS) is 11.5. The molecule has 3 aromatic carbocycles. The first kappa shape index (κ1) is 26.1. The number of halogens is 1. The highest BCUT2D eigenvalue weighted by Crippen LogP contribution is 2.27. The van der Waals surface area contributed by atoms with Crippen molar-refractivity contribution >= 4 is 54.6 Å². The molecule has 0 saturated carbocycles. The second-order valence-electron chi connectivity index (χ2n) is 7.94. The smallest absolute Gasteiger partial charge is 0.261 e. The van der Waals surface area contributed by atoms with Gasteiger partial charge in [0.05, 0.1) is 32.4 Å². The molecule has 4 rings (SSSR count). The standard InChI is InChI=1S/C25H21ClN4O5S2/c1-17-4-9-21(10-5-17)37(34,35)30-24-13-6-18(15-23(24)26)25(31)28-19-7-11-22(12-8-19)36(32,33)29-20-3-2-14-27-16-20/h2-16,29-30H,1H3,(H,28,31). The summed E-state index contributed by atoms with van der Waals surface area (Å²) in [6, 6.07) is 19.3. The number of rotatable bonds is 8. The van der Waals surface area contributed by atoms with Crippen molar-refractivity contribution < 1.29 is 21.6 Å². The zero-order valence-electron chi connectivity index (χ0n) is 19.3. The zero-order chi connectivity index (χ0) is 26.6. The van der Waals surface area contributed by atoms with E-state index in [1.165, 1.54) is 67.0 Å². The Kier molecular flexibility index (Phi) is 7.48. The molecule has 1 amide bonds. The number of hydrogen-bond acceptors (Lipinski definition) is 6. The molecule has 12 heteroatoms. The summed E-state index contributed by atoms with van der Waals surface area (Å²) in [7, 11) is -7.70. The van der Waals surface area contributed by atoms with Gasteiger partial charge in [-0.15, -0.1) is 0 Å². The van der Waals surface area contributed by atoms with Crippen LogP contribution in [0.5, 0.6) is 0 Å². The fraction of sp³-hybridized carbons (Fsp3) is 0.0400. The highest BCUT2D eigenvalue weighted by Gasteiger charge is 2.18. The Morgan fingerprint density at radius 3 is 2.00 bits per heavy atom. The molecular weight excluding hydrogens is 536 g/mol. The van der Waals surface area contributed by atoms with Gasteiger partial charge in [0.25, 0.3) is 26.0 Å². The molecular formula is C25H21ClN4O5S2. The topological polar surface area (TPSA) is 134 Å². The molecule has 37 heavy (non-hydrogen) atoms. The van der Waals surface area contributed by atoms with Crippen molar-refractivity contribution in [3.63, 3.8) is 0 Å². The Labute approximate surface area is 219 Å². The van der Waals surface area contributed by atoms with E-state index in [1.807, 2.05) is 6.92 Å². The van der Waals surface area contributed by atoms with E-state index in [1.54, 1.807) is 24.3 Å². The van der Waals surface area contributed by atoms with Crippen LogP contribution in [0.1, 0.15) is 15.9 Å². The average Bonchev–Trinajstić information content (AvgIpc) is 2.86. The quantitative estimate of drug-likeness (QED) is 0.283. The van der Waals surface area contributed by atoms with Gasteiger partial charge >= 0.3 is 0 Å². The fourth-order valence-electron chi connectivity index (χ4n) is 3.22. The van der Waals surface area contributed by atoms with E-state index < -0.39 is 26.0 Å². The van der Waals surface area contributed by atoms with Gasteiger partial charge in [0, 0.05) is 17.4 Å². The van der Waals surface area contributed by atoms with Crippen LogP contribution in [-0.2, 0) is 20.0 Å². The number of hydrogen-bond donors (Lipinski definition) is 3. The van der Waals surface area contributed by atoms with Crippen molar-refractivity contribution in [1.82, 2.24) is 4.98 Å². The van der Waals surface area contributed by atoms with Crippen molar-refractivity contribution in [1.29, 1.82) is 0 Å². The maximum Gasteiger partial charge on any atom is 0.261 e. The minimum Gasteiger partial charge on any atom is -0.322 e. The summed E-state index contributed by atoms with van der Waals surface area (Å²) in [5.74, 6) is -0.515. The van der Waals surface area contributed by atoms with Gasteiger partial charge in [0.1, 0.15) is 0 Å². The molecule has 0 fully saturated rings. The lowest BCUT2D eigenvalue weighted by Crippen LogP contribution is -2.15. The maximum absolute atomic E-state index is 12.7. The minimum atomic E-state index is -3.86. The third-order valence-electron chi connectivity index (χ3n) is 5.14. The van der Waals surface area contributed by atoms with Crippen molar-refractivity contribution in [2.45, 2.75) is 16.7 Å².